The number of Topliss-reactive ketones (excluding diaryl/α,β-unsaturated/α-hetero) is 1. The van der Waals surface area contributed by atoms with Gasteiger partial charge in [0, 0.05) is 49.9 Å². The van der Waals surface area contributed by atoms with Crippen molar-refractivity contribution in [2.75, 3.05) is 19.6 Å². The molecule has 2 heterocycles. The average Bonchev–Trinajstić information content (AvgIpc) is 3.06. The van der Waals surface area contributed by atoms with Crippen LogP contribution in [0.2, 0.25) is 0 Å². The van der Waals surface area contributed by atoms with Crippen LogP contribution in [-0.2, 0) is 20.9 Å². The summed E-state index contributed by atoms with van der Waals surface area (Å²) in [5.41, 5.74) is 1.29. The van der Waals surface area contributed by atoms with Gasteiger partial charge in [0.15, 0.2) is 5.78 Å². The lowest BCUT2D eigenvalue weighted by molar-refractivity contribution is -0.140. The van der Waals surface area contributed by atoms with Gasteiger partial charge < -0.3 is 14.5 Å². The van der Waals surface area contributed by atoms with Crippen molar-refractivity contribution in [1.82, 2.24) is 14.8 Å². The summed E-state index contributed by atoms with van der Waals surface area (Å²) in [4.78, 5) is 46.3. The molecule has 1 saturated heterocycles. The van der Waals surface area contributed by atoms with Crippen LogP contribution >= 0.6 is 0 Å². The molecule has 4 rings (SSSR count). The van der Waals surface area contributed by atoms with Crippen LogP contribution < -0.4 is 0 Å². The molecule has 2 aromatic rings. The van der Waals surface area contributed by atoms with Crippen LogP contribution in [-0.4, -0.2) is 64.2 Å². The second-order valence-corrected chi connectivity index (χ2v) is 9.34. The number of carbonyl (C=O) groups excluding carboxylic acids is 3. The minimum Gasteiger partial charge on any atom is -0.370 e. The van der Waals surface area contributed by atoms with Crippen molar-refractivity contribution in [3.8, 4) is 0 Å². The van der Waals surface area contributed by atoms with E-state index >= 15 is 0 Å². The Balaban J connectivity index is 1.42. The third-order valence-electron chi connectivity index (χ3n) is 6.78. The van der Waals surface area contributed by atoms with E-state index in [2.05, 4.69) is 4.98 Å². The first-order valence-electron chi connectivity index (χ1n) is 12.4. The number of carbonyl (C=O) groups is 3. The smallest absolute Gasteiger partial charge is 0.242 e. The molecule has 0 spiro atoms. The topological polar surface area (TPSA) is 79.8 Å². The molecule has 186 valence electrons. The van der Waals surface area contributed by atoms with Gasteiger partial charge >= 0.3 is 0 Å². The maximum atomic E-state index is 13.2. The molecule has 2 amide bonds. The summed E-state index contributed by atoms with van der Waals surface area (Å²) in [6.07, 6.45) is 8.43. The van der Waals surface area contributed by atoms with Gasteiger partial charge in [-0.05, 0) is 48.7 Å². The molecule has 1 aromatic heterocycles. The fourth-order valence-electron chi connectivity index (χ4n) is 4.84. The number of hydrogen-bond donors (Lipinski definition) is 0. The largest absolute Gasteiger partial charge is 0.370 e. The van der Waals surface area contributed by atoms with Gasteiger partial charge in [-0.1, -0.05) is 25.3 Å². The zero-order chi connectivity index (χ0) is 24.6. The molecule has 35 heavy (non-hydrogen) atoms. The van der Waals surface area contributed by atoms with E-state index in [0.29, 0.717) is 25.3 Å². The van der Waals surface area contributed by atoms with Crippen LogP contribution in [0.15, 0.2) is 48.8 Å². The van der Waals surface area contributed by atoms with E-state index in [-0.39, 0.29) is 49.1 Å². The van der Waals surface area contributed by atoms with E-state index in [0.717, 1.165) is 31.2 Å². The second-order valence-electron chi connectivity index (χ2n) is 9.34. The molecule has 8 heteroatoms. The van der Waals surface area contributed by atoms with Gasteiger partial charge in [-0.3, -0.25) is 19.4 Å². The van der Waals surface area contributed by atoms with Crippen molar-refractivity contribution in [2.24, 2.45) is 0 Å². The molecule has 2 aliphatic rings. The van der Waals surface area contributed by atoms with Crippen molar-refractivity contribution >= 4 is 17.6 Å². The Hall–Kier alpha value is -3.13. The Kier molecular flexibility index (Phi) is 8.58. The van der Waals surface area contributed by atoms with Gasteiger partial charge in [0.05, 0.1) is 19.3 Å². The molecule has 0 radical (unpaired) electrons. The van der Waals surface area contributed by atoms with Gasteiger partial charge in [0.1, 0.15) is 5.82 Å². The monoisotopic (exact) mass is 481 g/mol. The third kappa shape index (κ3) is 6.94. The Bertz CT molecular complexity index is 1010. The summed E-state index contributed by atoms with van der Waals surface area (Å²) in [5.74, 6) is -0.967. The second kappa shape index (κ2) is 12.0. The van der Waals surface area contributed by atoms with Crippen LogP contribution in [0.1, 0.15) is 60.9 Å². The number of benzene rings is 1. The Morgan fingerprint density at radius 1 is 1.03 bits per heavy atom. The number of nitrogens with zero attached hydrogens (tertiary/aromatic N) is 3. The summed E-state index contributed by atoms with van der Waals surface area (Å²) >= 11 is 0. The predicted molar refractivity (Wildman–Crippen MR) is 128 cm³/mol. The van der Waals surface area contributed by atoms with E-state index in [9.17, 15) is 18.8 Å². The highest BCUT2D eigenvalue weighted by atomic mass is 19.1. The van der Waals surface area contributed by atoms with Gasteiger partial charge in [0.2, 0.25) is 11.8 Å². The lowest BCUT2D eigenvalue weighted by Crippen LogP contribution is -2.46. The normalized spacial score (nSPS) is 19.5. The molecule has 1 unspecified atom stereocenters. The number of amides is 2. The number of hydrogen-bond acceptors (Lipinski definition) is 5. The van der Waals surface area contributed by atoms with Crippen molar-refractivity contribution in [3.63, 3.8) is 0 Å². The van der Waals surface area contributed by atoms with E-state index in [1.54, 1.807) is 12.4 Å². The first kappa shape index (κ1) is 25.0. The number of rotatable bonds is 8. The standard InChI is InChI=1S/C27H32FN3O4/c28-22-10-8-21(9-11-22)25(32)12-13-26(33)30-16-24(35-19-20-5-4-14-29-15-20)17-31(27(34)18-30)23-6-2-1-3-7-23/h4-5,8-11,14-15,23-24H,1-3,6-7,12-13,16-19H2. The van der Waals surface area contributed by atoms with E-state index < -0.39 is 5.82 Å². The predicted octanol–water partition coefficient (Wildman–Crippen LogP) is 3.77. The van der Waals surface area contributed by atoms with Crippen molar-refractivity contribution in [3.05, 3.63) is 65.7 Å². The Morgan fingerprint density at radius 2 is 1.80 bits per heavy atom. The quantitative estimate of drug-likeness (QED) is 0.536. The molecule has 1 aromatic carbocycles. The van der Waals surface area contributed by atoms with E-state index in [4.69, 9.17) is 4.74 Å². The molecule has 1 aliphatic heterocycles. The highest BCUT2D eigenvalue weighted by Crippen LogP contribution is 2.25. The SMILES string of the molecule is O=C(CCC(=O)N1CC(=O)N(C2CCCCC2)CC(OCc2cccnc2)C1)c1ccc(F)cc1. The fraction of sp³-hybridized carbons (Fsp3) is 0.481. The molecule has 0 N–H and O–H groups in total. The van der Waals surface area contributed by atoms with E-state index in [1.807, 2.05) is 17.0 Å². The van der Waals surface area contributed by atoms with Crippen molar-refractivity contribution < 1.29 is 23.5 Å². The number of halogens is 1. The minimum absolute atomic E-state index is 0.00268. The van der Waals surface area contributed by atoms with Gasteiger partial charge in [-0.25, -0.2) is 4.39 Å². The van der Waals surface area contributed by atoms with Gasteiger partial charge in [-0.15, -0.1) is 0 Å². The van der Waals surface area contributed by atoms with Gasteiger partial charge in [0.25, 0.3) is 0 Å². The molecule has 1 saturated carbocycles. The molecule has 0 bridgehead atoms. The van der Waals surface area contributed by atoms with Gasteiger partial charge in [-0.2, -0.15) is 0 Å². The first-order chi connectivity index (χ1) is 17.0. The molecular weight excluding hydrogens is 449 g/mol. The summed E-state index contributed by atoms with van der Waals surface area (Å²) in [6, 6.07) is 9.24. The molecule has 7 nitrogen and oxygen atoms in total. The van der Waals surface area contributed by atoms with E-state index in [1.165, 1.54) is 35.6 Å². The number of pyridine rings is 1. The number of aromatic nitrogens is 1. The van der Waals surface area contributed by atoms with Crippen molar-refractivity contribution in [1.29, 1.82) is 0 Å². The lowest BCUT2D eigenvalue weighted by Gasteiger charge is -2.34. The zero-order valence-corrected chi connectivity index (χ0v) is 19.9. The summed E-state index contributed by atoms with van der Waals surface area (Å²) < 4.78 is 19.3. The highest BCUT2D eigenvalue weighted by molar-refractivity contribution is 5.98. The van der Waals surface area contributed by atoms with Crippen LogP contribution in [0.4, 0.5) is 4.39 Å². The fourth-order valence-corrected chi connectivity index (χ4v) is 4.84. The summed E-state index contributed by atoms with van der Waals surface area (Å²) in [5, 5.41) is 0. The number of ketones is 1. The molecule has 1 atom stereocenters. The van der Waals surface area contributed by atoms with Crippen LogP contribution in [0, 0.1) is 5.82 Å². The molecule has 2 fully saturated rings. The van der Waals surface area contributed by atoms with Crippen LogP contribution in [0.5, 0.6) is 0 Å². The van der Waals surface area contributed by atoms with Crippen LogP contribution in [0.25, 0.3) is 0 Å². The summed E-state index contributed by atoms with van der Waals surface area (Å²) in [7, 11) is 0. The minimum atomic E-state index is -0.416. The van der Waals surface area contributed by atoms with Crippen molar-refractivity contribution in [2.45, 2.75) is 63.7 Å². The first-order valence-corrected chi connectivity index (χ1v) is 12.4. The molecular formula is C27H32FN3O4. The zero-order valence-electron chi connectivity index (χ0n) is 19.9. The maximum absolute atomic E-state index is 13.2. The molecule has 1 aliphatic carbocycles. The Morgan fingerprint density at radius 3 is 2.51 bits per heavy atom. The average molecular weight is 482 g/mol. The summed E-state index contributed by atoms with van der Waals surface area (Å²) in [6.45, 7) is 1.07. The third-order valence-corrected chi connectivity index (χ3v) is 6.78. The lowest BCUT2D eigenvalue weighted by atomic mass is 9.94. The maximum Gasteiger partial charge on any atom is 0.242 e. The van der Waals surface area contributed by atoms with Crippen LogP contribution in [0.3, 0.4) is 0 Å². The highest BCUT2D eigenvalue weighted by Gasteiger charge is 2.34. The Labute approximate surface area is 205 Å². The number of ether oxygens (including phenoxy) is 1.